The fraction of sp³-hybridized carbons (Fsp3) is 0.286. The van der Waals surface area contributed by atoms with Crippen molar-refractivity contribution in [2.45, 2.75) is 31.9 Å². The molecule has 0 saturated heterocycles. The zero-order chi connectivity index (χ0) is 21.6. The Morgan fingerprint density at radius 3 is 2.34 bits per heavy atom. The standard InChI is InChI=1S/C21H22ClNO6/c1-3-29-19(25)18(24)23-13(2)12-21(28,20(26)27)16-9-7-14(8-10-16)15-5-4-6-17(22)11-15/h4-11,13,28H,3,12H2,1-2H3,(H,23,24)(H,26,27). The van der Waals surface area contributed by atoms with Crippen molar-refractivity contribution < 1.29 is 29.3 Å². The molecule has 7 nitrogen and oxygen atoms in total. The fourth-order valence-corrected chi connectivity index (χ4v) is 3.10. The van der Waals surface area contributed by atoms with Crippen molar-refractivity contribution in [3.05, 3.63) is 59.1 Å². The molecule has 0 saturated carbocycles. The van der Waals surface area contributed by atoms with Gasteiger partial charge in [0.05, 0.1) is 6.61 Å². The molecule has 2 unspecified atom stereocenters. The lowest BCUT2D eigenvalue weighted by molar-refractivity contribution is -0.162. The predicted molar refractivity (Wildman–Crippen MR) is 107 cm³/mol. The first-order valence-electron chi connectivity index (χ1n) is 8.97. The van der Waals surface area contributed by atoms with E-state index in [1.165, 1.54) is 19.1 Å². The molecule has 0 aromatic heterocycles. The lowest BCUT2D eigenvalue weighted by Crippen LogP contribution is -2.45. The van der Waals surface area contributed by atoms with Crippen LogP contribution in [-0.4, -0.2) is 40.7 Å². The van der Waals surface area contributed by atoms with Crippen molar-refractivity contribution in [3.63, 3.8) is 0 Å². The number of nitrogens with one attached hydrogen (secondary N) is 1. The number of aliphatic carboxylic acids is 1. The molecular weight excluding hydrogens is 398 g/mol. The third-order valence-electron chi connectivity index (χ3n) is 4.31. The second-order valence-corrected chi connectivity index (χ2v) is 6.99. The normalized spacial score (nSPS) is 13.8. The monoisotopic (exact) mass is 419 g/mol. The minimum absolute atomic E-state index is 0.0403. The summed E-state index contributed by atoms with van der Waals surface area (Å²) in [7, 11) is 0. The molecule has 0 bridgehead atoms. The SMILES string of the molecule is CCOC(=O)C(=O)NC(C)CC(O)(C(=O)O)c1ccc(-c2cccc(Cl)c2)cc1. The fourth-order valence-electron chi connectivity index (χ4n) is 2.91. The van der Waals surface area contributed by atoms with E-state index in [0.717, 1.165) is 11.1 Å². The third-order valence-corrected chi connectivity index (χ3v) is 4.55. The van der Waals surface area contributed by atoms with Gasteiger partial charge in [0, 0.05) is 17.5 Å². The Labute approximate surface area is 173 Å². The highest BCUT2D eigenvalue weighted by Gasteiger charge is 2.40. The van der Waals surface area contributed by atoms with Gasteiger partial charge in [0.2, 0.25) is 0 Å². The van der Waals surface area contributed by atoms with Crippen LogP contribution in [0.5, 0.6) is 0 Å². The van der Waals surface area contributed by atoms with Crippen molar-refractivity contribution in [2.75, 3.05) is 6.61 Å². The highest BCUT2D eigenvalue weighted by Crippen LogP contribution is 2.30. The molecule has 8 heteroatoms. The number of carbonyl (C=O) groups excluding carboxylic acids is 2. The van der Waals surface area contributed by atoms with Crippen molar-refractivity contribution in [1.29, 1.82) is 0 Å². The molecule has 0 aliphatic carbocycles. The van der Waals surface area contributed by atoms with Gasteiger partial charge in [-0.1, -0.05) is 48.0 Å². The number of hydrogen-bond donors (Lipinski definition) is 3. The average molecular weight is 420 g/mol. The van der Waals surface area contributed by atoms with Gasteiger partial charge in [0.25, 0.3) is 0 Å². The summed E-state index contributed by atoms with van der Waals surface area (Å²) in [6.45, 7) is 3.09. The molecule has 0 aliphatic heterocycles. The molecule has 1 amide bonds. The summed E-state index contributed by atoms with van der Waals surface area (Å²) in [4.78, 5) is 35.0. The van der Waals surface area contributed by atoms with E-state index in [1.807, 2.05) is 6.07 Å². The summed E-state index contributed by atoms with van der Waals surface area (Å²) in [5, 5.41) is 23.3. The number of aliphatic hydroxyl groups is 1. The van der Waals surface area contributed by atoms with Crippen LogP contribution in [-0.2, 0) is 24.7 Å². The Balaban J connectivity index is 2.20. The molecule has 0 radical (unpaired) electrons. The summed E-state index contributed by atoms with van der Waals surface area (Å²) < 4.78 is 4.59. The quantitative estimate of drug-likeness (QED) is 0.470. The van der Waals surface area contributed by atoms with E-state index in [2.05, 4.69) is 10.1 Å². The van der Waals surface area contributed by atoms with E-state index in [0.29, 0.717) is 5.02 Å². The van der Waals surface area contributed by atoms with Gasteiger partial charge in [-0.3, -0.25) is 4.79 Å². The number of carbonyl (C=O) groups is 3. The Morgan fingerprint density at radius 2 is 1.79 bits per heavy atom. The van der Waals surface area contributed by atoms with Crippen molar-refractivity contribution >= 4 is 29.4 Å². The maximum absolute atomic E-state index is 11.8. The third kappa shape index (κ3) is 5.56. The molecule has 2 rings (SSSR count). The van der Waals surface area contributed by atoms with E-state index >= 15 is 0 Å². The van der Waals surface area contributed by atoms with Crippen LogP contribution in [0.4, 0.5) is 0 Å². The van der Waals surface area contributed by atoms with Gasteiger partial charge in [-0.05, 0) is 42.7 Å². The van der Waals surface area contributed by atoms with E-state index in [-0.39, 0.29) is 18.6 Å². The number of ether oxygens (including phenoxy) is 1. The van der Waals surface area contributed by atoms with Crippen LogP contribution in [0.1, 0.15) is 25.8 Å². The van der Waals surface area contributed by atoms with Crippen LogP contribution in [0.2, 0.25) is 5.02 Å². The van der Waals surface area contributed by atoms with E-state index in [4.69, 9.17) is 11.6 Å². The topological polar surface area (TPSA) is 113 Å². The Hall–Kier alpha value is -2.90. The van der Waals surface area contributed by atoms with Gasteiger partial charge in [0.15, 0.2) is 5.60 Å². The summed E-state index contributed by atoms with van der Waals surface area (Å²) in [6, 6.07) is 12.7. The predicted octanol–water partition coefficient (Wildman–Crippen LogP) is 2.74. The van der Waals surface area contributed by atoms with Gasteiger partial charge in [-0.2, -0.15) is 0 Å². The first-order valence-corrected chi connectivity index (χ1v) is 9.35. The highest BCUT2D eigenvalue weighted by molar-refractivity contribution is 6.32. The Bertz CT molecular complexity index is 898. The summed E-state index contributed by atoms with van der Waals surface area (Å²) in [5.74, 6) is -3.53. The Morgan fingerprint density at radius 1 is 1.14 bits per heavy atom. The second kappa shape index (κ2) is 9.54. The lowest BCUT2D eigenvalue weighted by Gasteiger charge is -2.27. The molecule has 0 spiro atoms. The number of hydrogen-bond acceptors (Lipinski definition) is 5. The van der Waals surface area contributed by atoms with Gasteiger partial charge >= 0.3 is 17.8 Å². The Kier molecular flexibility index (Phi) is 7.36. The molecule has 2 aromatic carbocycles. The second-order valence-electron chi connectivity index (χ2n) is 6.55. The molecule has 3 N–H and O–H groups in total. The van der Waals surface area contributed by atoms with Crippen LogP contribution in [0.15, 0.2) is 48.5 Å². The van der Waals surface area contributed by atoms with Gasteiger partial charge < -0.3 is 20.3 Å². The number of halogens is 1. The zero-order valence-corrected chi connectivity index (χ0v) is 16.8. The number of esters is 1. The summed E-state index contributed by atoms with van der Waals surface area (Å²) in [6.07, 6.45) is -0.343. The first kappa shape index (κ1) is 22.4. The van der Waals surface area contributed by atoms with Gasteiger partial charge in [0.1, 0.15) is 0 Å². The number of amides is 1. The van der Waals surface area contributed by atoms with Crippen LogP contribution < -0.4 is 5.32 Å². The average Bonchev–Trinajstić information content (AvgIpc) is 2.68. The maximum atomic E-state index is 11.8. The van der Waals surface area contributed by atoms with E-state index < -0.39 is 29.5 Å². The minimum atomic E-state index is -2.26. The highest BCUT2D eigenvalue weighted by atomic mass is 35.5. The molecule has 2 atom stereocenters. The van der Waals surface area contributed by atoms with Crippen LogP contribution in [0.25, 0.3) is 11.1 Å². The summed E-state index contributed by atoms with van der Waals surface area (Å²) >= 11 is 6.00. The van der Waals surface area contributed by atoms with E-state index in [1.54, 1.807) is 37.3 Å². The van der Waals surface area contributed by atoms with Gasteiger partial charge in [-0.15, -0.1) is 0 Å². The van der Waals surface area contributed by atoms with Crippen LogP contribution >= 0.6 is 11.6 Å². The zero-order valence-electron chi connectivity index (χ0n) is 16.0. The van der Waals surface area contributed by atoms with Crippen molar-refractivity contribution in [3.8, 4) is 11.1 Å². The molecule has 2 aromatic rings. The first-order chi connectivity index (χ1) is 13.7. The molecular formula is C21H22ClNO6. The molecule has 0 heterocycles. The summed E-state index contributed by atoms with van der Waals surface area (Å²) in [5.41, 5.74) is -0.465. The number of rotatable bonds is 7. The number of carboxylic acid groups (broad SMARTS) is 1. The van der Waals surface area contributed by atoms with Crippen molar-refractivity contribution in [2.24, 2.45) is 0 Å². The molecule has 154 valence electrons. The van der Waals surface area contributed by atoms with Crippen LogP contribution in [0.3, 0.4) is 0 Å². The molecule has 29 heavy (non-hydrogen) atoms. The largest absolute Gasteiger partial charge is 0.479 e. The van der Waals surface area contributed by atoms with Gasteiger partial charge in [-0.25, -0.2) is 9.59 Å². The smallest absolute Gasteiger partial charge is 0.396 e. The molecule has 0 fully saturated rings. The number of carboxylic acids is 1. The number of benzene rings is 2. The van der Waals surface area contributed by atoms with E-state index in [9.17, 15) is 24.6 Å². The maximum Gasteiger partial charge on any atom is 0.396 e. The molecule has 0 aliphatic rings. The lowest BCUT2D eigenvalue weighted by atomic mass is 9.86. The van der Waals surface area contributed by atoms with Crippen LogP contribution in [0, 0.1) is 0 Å². The minimum Gasteiger partial charge on any atom is -0.479 e. The van der Waals surface area contributed by atoms with Crippen molar-refractivity contribution in [1.82, 2.24) is 5.32 Å².